The van der Waals surface area contributed by atoms with E-state index in [4.69, 9.17) is 4.74 Å². The number of urea groups is 1. The zero-order chi connectivity index (χ0) is 21.6. The molecule has 1 aliphatic carbocycles. The Labute approximate surface area is 172 Å². The number of allylic oxidation sites excluding steroid dienone is 1. The van der Waals surface area contributed by atoms with Crippen LogP contribution in [0.2, 0.25) is 0 Å². The molecule has 1 heterocycles. The smallest absolute Gasteiger partial charge is 0.332 e. The second kappa shape index (κ2) is 9.91. The summed E-state index contributed by atoms with van der Waals surface area (Å²) in [5.74, 6) is -0.920. The van der Waals surface area contributed by atoms with Crippen molar-refractivity contribution in [2.75, 3.05) is 26.7 Å². The van der Waals surface area contributed by atoms with Crippen molar-refractivity contribution in [1.82, 2.24) is 15.1 Å². The van der Waals surface area contributed by atoms with E-state index in [0.717, 1.165) is 19.3 Å². The number of carbonyl (C=O) groups is 3. The molecule has 162 valence electrons. The van der Waals surface area contributed by atoms with Crippen molar-refractivity contribution in [2.45, 2.75) is 56.7 Å². The van der Waals surface area contributed by atoms with Gasteiger partial charge in [-0.2, -0.15) is 0 Å². The molecule has 8 heteroatoms. The number of aliphatic hydroxyl groups is 1. The highest BCUT2D eigenvalue weighted by molar-refractivity contribution is 5.93. The summed E-state index contributed by atoms with van der Waals surface area (Å²) >= 11 is 0. The monoisotopic (exact) mass is 407 g/mol. The Bertz CT molecular complexity index is 652. The van der Waals surface area contributed by atoms with Gasteiger partial charge in [0.25, 0.3) is 0 Å². The summed E-state index contributed by atoms with van der Waals surface area (Å²) in [5.41, 5.74) is -1.13. The molecule has 0 unspecified atom stereocenters. The summed E-state index contributed by atoms with van der Waals surface area (Å²) < 4.78 is 5.11. The van der Waals surface area contributed by atoms with Crippen molar-refractivity contribution in [3.8, 4) is 0 Å². The fourth-order valence-corrected chi connectivity index (χ4v) is 3.80. The van der Waals surface area contributed by atoms with Gasteiger partial charge in [0.2, 0.25) is 5.91 Å². The van der Waals surface area contributed by atoms with Crippen molar-refractivity contribution in [2.24, 2.45) is 5.92 Å². The highest BCUT2D eigenvalue weighted by atomic mass is 16.5. The summed E-state index contributed by atoms with van der Waals surface area (Å²) in [6.07, 6.45) is 5.94. The predicted molar refractivity (Wildman–Crippen MR) is 109 cm³/mol. The molecule has 0 spiro atoms. The van der Waals surface area contributed by atoms with Gasteiger partial charge in [-0.05, 0) is 32.6 Å². The molecular weight excluding hydrogens is 374 g/mol. The van der Waals surface area contributed by atoms with Crippen molar-refractivity contribution in [3.63, 3.8) is 0 Å². The number of rotatable bonds is 10. The SMILES string of the molecule is C=CCCCCN(C)C(=O)[C@@H]1C[C@@H](O)CN1C(=O)N[C@]1(C(=O)OCC)C[C@@H]1C=C. The number of β-amino-alcohol motifs (C(OH)–C–C–N with tert-alkyl or cyclic N) is 1. The van der Waals surface area contributed by atoms with Crippen LogP contribution in [-0.2, 0) is 14.3 Å². The van der Waals surface area contributed by atoms with E-state index < -0.39 is 29.7 Å². The van der Waals surface area contributed by atoms with Gasteiger partial charge in [-0.3, -0.25) is 4.79 Å². The fraction of sp³-hybridized carbons (Fsp3) is 0.667. The van der Waals surface area contributed by atoms with Crippen LogP contribution in [0.15, 0.2) is 25.3 Å². The Morgan fingerprint density at radius 2 is 2.07 bits per heavy atom. The zero-order valence-corrected chi connectivity index (χ0v) is 17.4. The second-order valence-electron chi connectivity index (χ2n) is 7.77. The summed E-state index contributed by atoms with van der Waals surface area (Å²) in [4.78, 5) is 41.1. The fourth-order valence-electron chi connectivity index (χ4n) is 3.80. The molecule has 2 aliphatic rings. The van der Waals surface area contributed by atoms with Crippen LogP contribution in [0.1, 0.15) is 39.0 Å². The van der Waals surface area contributed by atoms with Crippen molar-refractivity contribution < 1.29 is 24.2 Å². The third-order valence-corrected chi connectivity index (χ3v) is 5.62. The Balaban J connectivity index is 2.04. The average molecular weight is 408 g/mol. The molecule has 2 rings (SSSR count). The van der Waals surface area contributed by atoms with Gasteiger partial charge >= 0.3 is 12.0 Å². The van der Waals surface area contributed by atoms with Crippen LogP contribution >= 0.6 is 0 Å². The normalized spacial score (nSPS) is 27.8. The van der Waals surface area contributed by atoms with Crippen LogP contribution in [0, 0.1) is 5.92 Å². The first-order valence-electron chi connectivity index (χ1n) is 10.2. The number of ether oxygens (including phenoxy) is 1. The van der Waals surface area contributed by atoms with Crippen LogP contribution in [0.3, 0.4) is 0 Å². The van der Waals surface area contributed by atoms with Gasteiger partial charge in [0.05, 0.1) is 12.7 Å². The summed E-state index contributed by atoms with van der Waals surface area (Å²) in [6.45, 7) is 9.92. The van der Waals surface area contributed by atoms with Gasteiger partial charge in [0, 0.05) is 32.5 Å². The molecule has 1 aliphatic heterocycles. The first-order chi connectivity index (χ1) is 13.8. The van der Waals surface area contributed by atoms with E-state index in [1.54, 1.807) is 24.9 Å². The molecule has 0 bridgehead atoms. The maximum absolute atomic E-state index is 12.9. The third-order valence-electron chi connectivity index (χ3n) is 5.62. The largest absolute Gasteiger partial charge is 0.464 e. The quantitative estimate of drug-likeness (QED) is 0.324. The number of hydrogen-bond donors (Lipinski definition) is 2. The van der Waals surface area contributed by atoms with E-state index in [0.29, 0.717) is 13.0 Å². The van der Waals surface area contributed by atoms with Gasteiger partial charge in [0.15, 0.2) is 0 Å². The molecule has 0 aromatic rings. The molecule has 29 heavy (non-hydrogen) atoms. The van der Waals surface area contributed by atoms with Crippen LogP contribution in [-0.4, -0.2) is 77.2 Å². The Morgan fingerprint density at radius 3 is 2.66 bits per heavy atom. The number of nitrogens with zero attached hydrogens (tertiary/aromatic N) is 2. The van der Waals surface area contributed by atoms with Crippen molar-refractivity contribution in [3.05, 3.63) is 25.3 Å². The van der Waals surface area contributed by atoms with Crippen LogP contribution in [0.25, 0.3) is 0 Å². The lowest BCUT2D eigenvalue weighted by molar-refractivity contribution is -0.147. The van der Waals surface area contributed by atoms with Gasteiger partial charge in [-0.25, -0.2) is 9.59 Å². The number of likely N-dealkylation sites (N-methyl/N-ethyl adjacent to an activating group) is 1. The molecule has 2 fully saturated rings. The molecule has 0 aromatic carbocycles. The van der Waals surface area contributed by atoms with Crippen LogP contribution < -0.4 is 5.32 Å². The molecule has 4 atom stereocenters. The summed E-state index contributed by atoms with van der Waals surface area (Å²) in [5, 5.41) is 12.8. The molecule has 1 saturated carbocycles. The second-order valence-corrected chi connectivity index (χ2v) is 7.77. The van der Waals surface area contributed by atoms with Gasteiger partial charge < -0.3 is 25.0 Å². The highest BCUT2D eigenvalue weighted by Gasteiger charge is 2.62. The topological polar surface area (TPSA) is 99.2 Å². The number of aliphatic hydroxyl groups excluding tert-OH is 1. The maximum Gasteiger partial charge on any atom is 0.332 e. The van der Waals surface area contributed by atoms with Gasteiger partial charge in [-0.15, -0.1) is 13.2 Å². The van der Waals surface area contributed by atoms with Crippen molar-refractivity contribution >= 4 is 17.9 Å². The number of unbranched alkanes of at least 4 members (excludes halogenated alkanes) is 2. The zero-order valence-electron chi connectivity index (χ0n) is 17.4. The van der Waals surface area contributed by atoms with Crippen LogP contribution in [0.5, 0.6) is 0 Å². The minimum absolute atomic E-state index is 0.0458. The number of likely N-dealkylation sites (tertiary alicyclic amines) is 1. The highest BCUT2D eigenvalue weighted by Crippen LogP contribution is 2.45. The van der Waals surface area contributed by atoms with Crippen molar-refractivity contribution in [1.29, 1.82) is 0 Å². The lowest BCUT2D eigenvalue weighted by Crippen LogP contribution is -2.55. The first-order valence-corrected chi connectivity index (χ1v) is 10.2. The molecule has 8 nitrogen and oxygen atoms in total. The van der Waals surface area contributed by atoms with E-state index >= 15 is 0 Å². The number of hydrogen-bond acceptors (Lipinski definition) is 5. The van der Waals surface area contributed by atoms with E-state index in [2.05, 4.69) is 18.5 Å². The Kier molecular flexibility index (Phi) is 7.84. The minimum Gasteiger partial charge on any atom is -0.464 e. The van der Waals surface area contributed by atoms with E-state index in [9.17, 15) is 19.5 Å². The third kappa shape index (κ3) is 5.18. The minimum atomic E-state index is -1.13. The average Bonchev–Trinajstić information content (AvgIpc) is 3.27. The van der Waals surface area contributed by atoms with E-state index in [1.807, 2.05) is 6.08 Å². The lowest BCUT2D eigenvalue weighted by atomic mass is 10.1. The van der Waals surface area contributed by atoms with E-state index in [-0.39, 0.29) is 31.4 Å². The Hall–Kier alpha value is -2.35. The molecule has 1 saturated heterocycles. The van der Waals surface area contributed by atoms with Gasteiger partial charge in [0.1, 0.15) is 11.6 Å². The molecule has 0 aromatic heterocycles. The number of amides is 3. The first kappa shape index (κ1) is 22.9. The van der Waals surface area contributed by atoms with Crippen LogP contribution in [0.4, 0.5) is 4.79 Å². The standard InChI is InChI=1S/C21H33N3O5/c1-5-8-9-10-11-23(4)18(26)17-12-16(25)14-24(17)20(28)22-21(13-15(21)6-2)19(27)29-7-3/h5-6,15-17,25H,1-2,7-14H2,3-4H3,(H,22,28)/t15-,16+,17-,21+/m0/s1. The number of nitrogens with one attached hydrogen (secondary N) is 1. The lowest BCUT2D eigenvalue weighted by Gasteiger charge is -2.29. The van der Waals surface area contributed by atoms with Gasteiger partial charge in [-0.1, -0.05) is 12.2 Å². The number of esters is 1. The predicted octanol–water partition coefficient (Wildman–Crippen LogP) is 1.45. The summed E-state index contributed by atoms with van der Waals surface area (Å²) in [6, 6.07) is -1.30. The number of carbonyl (C=O) groups excluding carboxylic acids is 3. The molecule has 3 amide bonds. The Morgan fingerprint density at radius 1 is 1.34 bits per heavy atom. The maximum atomic E-state index is 12.9. The summed E-state index contributed by atoms with van der Waals surface area (Å²) in [7, 11) is 1.70. The molecule has 0 radical (unpaired) electrons. The molecular formula is C21H33N3O5. The van der Waals surface area contributed by atoms with E-state index in [1.165, 1.54) is 4.90 Å². The molecule has 2 N–H and O–H groups in total.